The number of nitrogens with one attached hydrogen (secondary N) is 1. The van der Waals surface area contributed by atoms with E-state index in [1.54, 1.807) is 29.2 Å². The first kappa shape index (κ1) is 18.0. The number of carbonyl (C=O) groups is 1. The maximum Gasteiger partial charge on any atom is 0.270 e. The molecular weight excluding hydrogens is 362 g/mol. The first-order valence-electron chi connectivity index (χ1n) is 8.06. The number of nitrogens with zero attached hydrogens (tertiary/aromatic N) is 2. The van der Waals surface area contributed by atoms with Gasteiger partial charge in [-0.3, -0.25) is 4.79 Å². The first-order chi connectivity index (χ1) is 11.9. The summed E-state index contributed by atoms with van der Waals surface area (Å²) in [7, 11) is -2.17. The number of amides is 1. The molecule has 1 amide bonds. The van der Waals surface area contributed by atoms with Crippen molar-refractivity contribution in [2.45, 2.75) is 24.3 Å². The van der Waals surface area contributed by atoms with Crippen LogP contribution in [0.3, 0.4) is 0 Å². The predicted octanol–water partition coefficient (Wildman–Crippen LogP) is 2.72. The number of halogens is 1. The summed E-state index contributed by atoms with van der Waals surface area (Å²) < 4.78 is 26.7. The molecule has 1 fully saturated rings. The molecule has 2 heterocycles. The fourth-order valence-corrected chi connectivity index (χ4v) is 4.13. The van der Waals surface area contributed by atoms with Gasteiger partial charge < -0.3 is 9.88 Å². The average Bonchev–Trinajstić information content (AvgIpc) is 3.28. The Morgan fingerprint density at radius 3 is 2.52 bits per heavy atom. The minimum Gasteiger partial charge on any atom is -0.356 e. The Balaban J connectivity index is 1.75. The Kier molecular flexibility index (Phi) is 5.17. The number of H-pyrrole nitrogens is 1. The number of aromatic nitrogens is 1. The lowest BCUT2D eigenvalue weighted by Gasteiger charge is -2.16. The monoisotopic (exact) mass is 381 g/mol. The molecule has 1 saturated heterocycles. The van der Waals surface area contributed by atoms with Crippen molar-refractivity contribution >= 4 is 27.5 Å². The van der Waals surface area contributed by atoms with E-state index in [1.807, 2.05) is 0 Å². The van der Waals surface area contributed by atoms with Gasteiger partial charge in [0.05, 0.1) is 0 Å². The van der Waals surface area contributed by atoms with Gasteiger partial charge in [-0.2, -0.15) is 4.31 Å². The lowest BCUT2D eigenvalue weighted by molar-refractivity contribution is 0.0787. The lowest BCUT2D eigenvalue weighted by Crippen LogP contribution is -2.28. The van der Waals surface area contributed by atoms with Gasteiger partial charge in [0.15, 0.2) is 0 Å². The van der Waals surface area contributed by atoms with Crippen LogP contribution in [0.1, 0.15) is 28.9 Å². The summed E-state index contributed by atoms with van der Waals surface area (Å²) in [5.41, 5.74) is 1.14. The molecule has 25 heavy (non-hydrogen) atoms. The van der Waals surface area contributed by atoms with Crippen molar-refractivity contribution in [2.75, 3.05) is 20.1 Å². The second kappa shape index (κ2) is 7.19. The van der Waals surface area contributed by atoms with E-state index >= 15 is 0 Å². The summed E-state index contributed by atoms with van der Waals surface area (Å²) in [6, 6.07) is 8.43. The zero-order chi connectivity index (χ0) is 18.0. The molecule has 3 rings (SSSR count). The van der Waals surface area contributed by atoms with Crippen LogP contribution in [-0.2, 0) is 16.6 Å². The molecule has 2 aromatic rings. The number of sulfonamides is 1. The first-order valence-corrected chi connectivity index (χ1v) is 9.88. The Labute approximate surface area is 152 Å². The predicted molar refractivity (Wildman–Crippen MR) is 96.0 cm³/mol. The van der Waals surface area contributed by atoms with Gasteiger partial charge in [-0.25, -0.2) is 8.42 Å². The summed E-state index contributed by atoms with van der Waals surface area (Å²) in [6.07, 6.45) is 3.35. The second-order valence-electron chi connectivity index (χ2n) is 6.14. The molecule has 1 aromatic carbocycles. The normalized spacial score (nSPS) is 15.1. The zero-order valence-electron chi connectivity index (χ0n) is 13.9. The van der Waals surface area contributed by atoms with Crippen LogP contribution in [-0.4, -0.2) is 48.7 Å². The highest BCUT2D eigenvalue weighted by molar-refractivity contribution is 7.89. The Hall–Kier alpha value is -1.83. The third-order valence-electron chi connectivity index (χ3n) is 4.31. The van der Waals surface area contributed by atoms with Crippen molar-refractivity contribution in [1.82, 2.24) is 14.2 Å². The van der Waals surface area contributed by atoms with E-state index in [0.717, 1.165) is 31.5 Å². The number of likely N-dealkylation sites (tertiary alicyclic amines) is 1. The molecule has 0 bridgehead atoms. The molecule has 0 saturated carbocycles. The molecular formula is C17H20ClN3O3S. The van der Waals surface area contributed by atoms with Crippen molar-refractivity contribution in [3.05, 3.63) is 52.8 Å². The van der Waals surface area contributed by atoms with E-state index in [4.69, 9.17) is 11.6 Å². The molecule has 0 aliphatic carbocycles. The molecule has 0 unspecified atom stereocenters. The molecule has 134 valence electrons. The number of benzene rings is 1. The van der Waals surface area contributed by atoms with Gasteiger partial charge in [-0.05, 0) is 36.6 Å². The Bertz CT molecular complexity index is 856. The highest BCUT2D eigenvalue weighted by atomic mass is 35.5. The SMILES string of the molecule is CN(Cc1ccc(Cl)cc1)S(=O)(=O)c1c[nH]c(C(=O)N2CCCC2)c1. The van der Waals surface area contributed by atoms with Gasteiger partial charge in [0.2, 0.25) is 10.0 Å². The van der Waals surface area contributed by atoms with E-state index in [0.29, 0.717) is 10.7 Å². The van der Waals surface area contributed by atoms with Crippen molar-refractivity contribution < 1.29 is 13.2 Å². The number of hydrogen-bond acceptors (Lipinski definition) is 3. The number of rotatable bonds is 5. The summed E-state index contributed by atoms with van der Waals surface area (Å²) in [4.78, 5) is 17.0. The largest absolute Gasteiger partial charge is 0.356 e. The number of hydrogen-bond donors (Lipinski definition) is 1. The maximum atomic E-state index is 12.7. The summed E-state index contributed by atoms with van der Waals surface area (Å²) in [5.74, 6) is -0.153. The van der Waals surface area contributed by atoms with Crippen LogP contribution in [0.2, 0.25) is 5.02 Å². The standard InChI is InChI=1S/C17H20ClN3O3S/c1-20(12-13-4-6-14(18)7-5-13)25(23,24)15-10-16(19-11-15)17(22)21-8-2-3-9-21/h4-7,10-11,19H,2-3,8-9,12H2,1H3. The molecule has 0 radical (unpaired) electrons. The van der Waals surface area contributed by atoms with Crippen LogP contribution in [0.15, 0.2) is 41.4 Å². The number of carbonyl (C=O) groups excluding carboxylic acids is 1. The van der Waals surface area contributed by atoms with Gasteiger partial charge in [0.25, 0.3) is 5.91 Å². The molecule has 6 nitrogen and oxygen atoms in total. The molecule has 1 aliphatic rings. The molecule has 1 aromatic heterocycles. The Morgan fingerprint density at radius 2 is 1.88 bits per heavy atom. The maximum absolute atomic E-state index is 12.7. The average molecular weight is 382 g/mol. The third kappa shape index (κ3) is 3.89. The molecule has 8 heteroatoms. The van der Waals surface area contributed by atoms with E-state index in [-0.39, 0.29) is 17.3 Å². The van der Waals surface area contributed by atoms with Crippen LogP contribution in [0.25, 0.3) is 0 Å². The molecule has 0 atom stereocenters. The van der Waals surface area contributed by atoms with Gasteiger partial charge in [-0.1, -0.05) is 23.7 Å². The van der Waals surface area contributed by atoms with Crippen molar-refractivity contribution in [2.24, 2.45) is 0 Å². The van der Waals surface area contributed by atoms with Crippen LogP contribution in [0.4, 0.5) is 0 Å². The van der Waals surface area contributed by atoms with Crippen molar-refractivity contribution in [1.29, 1.82) is 0 Å². The van der Waals surface area contributed by atoms with E-state index < -0.39 is 10.0 Å². The highest BCUT2D eigenvalue weighted by Gasteiger charge is 2.26. The summed E-state index contributed by atoms with van der Waals surface area (Å²) >= 11 is 5.85. The fraction of sp³-hybridized carbons (Fsp3) is 0.353. The van der Waals surface area contributed by atoms with Crippen LogP contribution in [0.5, 0.6) is 0 Å². The third-order valence-corrected chi connectivity index (χ3v) is 6.34. The quantitative estimate of drug-likeness (QED) is 0.865. The minimum absolute atomic E-state index is 0.0894. The summed E-state index contributed by atoms with van der Waals surface area (Å²) in [5, 5.41) is 0.602. The van der Waals surface area contributed by atoms with Gasteiger partial charge in [0, 0.05) is 37.9 Å². The molecule has 1 N–H and O–H groups in total. The second-order valence-corrected chi connectivity index (χ2v) is 8.62. The van der Waals surface area contributed by atoms with E-state index in [2.05, 4.69) is 4.98 Å². The molecule has 1 aliphatic heterocycles. The number of aromatic amines is 1. The zero-order valence-corrected chi connectivity index (χ0v) is 15.5. The van der Waals surface area contributed by atoms with Crippen LogP contribution in [0, 0.1) is 0 Å². The van der Waals surface area contributed by atoms with E-state index in [9.17, 15) is 13.2 Å². The van der Waals surface area contributed by atoms with Gasteiger partial charge in [-0.15, -0.1) is 0 Å². The van der Waals surface area contributed by atoms with Gasteiger partial charge in [0.1, 0.15) is 10.6 Å². The summed E-state index contributed by atoms with van der Waals surface area (Å²) in [6.45, 7) is 1.66. The van der Waals surface area contributed by atoms with Crippen LogP contribution < -0.4 is 0 Å². The highest BCUT2D eigenvalue weighted by Crippen LogP contribution is 2.20. The Morgan fingerprint density at radius 1 is 1.24 bits per heavy atom. The smallest absolute Gasteiger partial charge is 0.270 e. The molecule has 0 spiro atoms. The lowest BCUT2D eigenvalue weighted by atomic mass is 10.2. The van der Waals surface area contributed by atoms with E-state index in [1.165, 1.54) is 23.6 Å². The van der Waals surface area contributed by atoms with Crippen LogP contribution >= 0.6 is 11.6 Å². The fourth-order valence-electron chi connectivity index (χ4n) is 2.85. The van der Waals surface area contributed by atoms with Crippen molar-refractivity contribution in [3.8, 4) is 0 Å². The van der Waals surface area contributed by atoms with Gasteiger partial charge >= 0.3 is 0 Å². The van der Waals surface area contributed by atoms with Crippen molar-refractivity contribution in [3.63, 3.8) is 0 Å². The minimum atomic E-state index is -3.69. The topological polar surface area (TPSA) is 73.5 Å².